The zero-order valence-electron chi connectivity index (χ0n) is 22.1. The van der Waals surface area contributed by atoms with Crippen LogP contribution in [0.25, 0.3) is 10.8 Å². The van der Waals surface area contributed by atoms with Crippen molar-refractivity contribution in [3.63, 3.8) is 0 Å². The second kappa shape index (κ2) is 10.3. The van der Waals surface area contributed by atoms with E-state index in [1.54, 1.807) is 6.92 Å². The maximum Gasteiger partial charge on any atom is 0.273 e. The molecule has 0 aliphatic carbocycles. The van der Waals surface area contributed by atoms with E-state index in [4.69, 9.17) is 15.0 Å². The number of pyridine rings is 1. The second-order valence-corrected chi connectivity index (χ2v) is 9.89. The van der Waals surface area contributed by atoms with Crippen LogP contribution in [-0.2, 0) is 17.9 Å². The first kappa shape index (κ1) is 24.9. The first-order valence-corrected chi connectivity index (χ1v) is 13.2. The van der Waals surface area contributed by atoms with Gasteiger partial charge in [-0.1, -0.05) is 31.2 Å². The van der Waals surface area contributed by atoms with Crippen molar-refractivity contribution < 1.29 is 9.59 Å². The van der Waals surface area contributed by atoms with Gasteiger partial charge in [-0.05, 0) is 31.7 Å². The lowest BCUT2D eigenvalue weighted by molar-refractivity contribution is -0.129. The number of amides is 2. The zero-order valence-corrected chi connectivity index (χ0v) is 22.1. The molecule has 2 aliphatic heterocycles. The maximum absolute atomic E-state index is 13.5. The monoisotopic (exact) mass is 501 g/mol. The van der Waals surface area contributed by atoms with Crippen molar-refractivity contribution in [3.05, 3.63) is 53.5 Å². The highest BCUT2D eigenvalue weighted by Gasteiger charge is 2.37. The van der Waals surface area contributed by atoms with E-state index in [-0.39, 0.29) is 17.9 Å². The van der Waals surface area contributed by atoms with Crippen LogP contribution in [0.1, 0.15) is 55.9 Å². The fourth-order valence-electron chi connectivity index (χ4n) is 5.11. The average Bonchev–Trinajstić information content (AvgIpc) is 3.27. The zero-order chi connectivity index (χ0) is 26.1. The van der Waals surface area contributed by atoms with Crippen LogP contribution >= 0.6 is 0 Å². The molecule has 2 aromatic heterocycles. The second-order valence-electron chi connectivity index (χ2n) is 9.89. The van der Waals surface area contributed by atoms with Gasteiger partial charge in [0.2, 0.25) is 11.9 Å². The Morgan fingerprint density at radius 1 is 1.08 bits per heavy atom. The highest BCUT2D eigenvalue weighted by atomic mass is 16.2. The summed E-state index contributed by atoms with van der Waals surface area (Å²) in [6, 6.07) is 10.5. The molecule has 37 heavy (non-hydrogen) atoms. The van der Waals surface area contributed by atoms with E-state index >= 15 is 0 Å². The van der Waals surface area contributed by atoms with Gasteiger partial charge in [0.05, 0.1) is 18.8 Å². The molecular formula is C28H35N7O2. The van der Waals surface area contributed by atoms with E-state index in [9.17, 15) is 9.59 Å². The molecule has 1 aromatic carbocycles. The summed E-state index contributed by atoms with van der Waals surface area (Å²) in [5.74, 6) is 1.40. The van der Waals surface area contributed by atoms with Crippen molar-refractivity contribution in [2.24, 2.45) is 0 Å². The summed E-state index contributed by atoms with van der Waals surface area (Å²) in [7, 11) is 0. The Hall–Kier alpha value is -3.75. The van der Waals surface area contributed by atoms with E-state index < -0.39 is 0 Å². The third-order valence-corrected chi connectivity index (χ3v) is 7.62. The van der Waals surface area contributed by atoms with Gasteiger partial charge in [0.1, 0.15) is 11.5 Å². The van der Waals surface area contributed by atoms with Crippen LogP contribution in [0, 0.1) is 0 Å². The average molecular weight is 502 g/mol. The van der Waals surface area contributed by atoms with Crippen molar-refractivity contribution in [2.45, 2.75) is 53.2 Å². The van der Waals surface area contributed by atoms with Gasteiger partial charge < -0.3 is 19.6 Å². The van der Waals surface area contributed by atoms with Gasteiger partial charge in [0, 0.05) is 62.8 Å². The molecule has 1 unspecified atom stereocenters. The molecular weight excluding hydrogens is 466 g/mol. The minimum absolute atomic E-state index is 0.0310. The van der Waals surface area contributed by atoms with Crippen LogP contribution in [-0.4, -0.2) is 75.3 Å². The van der Waals surface area contributed by atoms with Crippen molar-refractivity contribution in [1.29, 1.82) is 0 Å². The van der Waals surface area contributed by atoms with E-state index in [0.717, 1.165) is 34.3 Å². The van der Waals surface area contributed by atoms with Crippen molar-refractivity contribution in [1.82, 2.24) is 24.8 Å². The van der Waals surface area contributed by atoms with Gasteiger partial charge in [0.25, 0.3) is 5.91 Å². The summed E-state index contributed by atoms with van der Waals surface area (Å²) < 4.78 is 0. The molecule has 3 aromatic rings. The van der Waals surface area contributed by atoms with Crippen LogP contribution in [0.3, 0.4) is 0 Å². The first-order chi connectivity index (χ1) is 17.9. The highest BCUT2D eigenvalue weighted by molar-refractivity contribution is 5.98. The number of rotatable bonds is 7. The number of carbonyl (C=O) groups is 2. The number of hydrogen-bond acceptors (Lipinski definition) is 7. The molecule has 194 valence electrons. The molecule has 4 heterocycles. The Morgan fingerprint density at radius 2 is 1.81 bits per heavy atom. The van der Waals surface area contributed by atoms with Gasteiger partial charge in [-0.25, -0.2) is 4.98 Å². The van der Waals surface area contributed by atoms with E-state index in [1.807, 2.05) is 28.1 Å². The van der Waals surface area contributed by atoms with Crippen molar-refractivity contribution in [3.8, 4) is 0 Å². The number of benzene rings is 1. The quantitative estimate of drug-likeness (QED) is 0.490. The fraction of sp³-hybridized carbons (Fsp3) is 0.464. The third kappa shape index (κ3) is 4.82. The number of fused-ring (bicyclic) bond motifs is 2. The number of aromatic nitrogens is 3. The molecule has 2 amide bonds. The Morgan fingerprint density at radius 3 is 2.49 bits per heavy atom. The van der Waals surface area contributed by atoms with Crippen LogP contribution in [0.2, 0.25) is 0 Å². The summed E-state index contributed by atoms with van der Waals surface area (Å²) in [5.41, 5.74) is 2.34. The molecule has 0 N–H and O–H groups in total. The predicted molar refractivity (Wildman–Crippen MR) is 145 cm³/mol. The maximum atomic E-state index is 13.5. The lowest BCUT2D eigenvalue weighted by atomic mass is 10.1. The number of nitrogens with zero attached hydrogens (tertiary/aromatic N) is 7. The third-order valence-electron chi connectivity index (χ3n) is 7.62. The SMILES string of the molecule is CCC(C)N1Cc2c(nc(N3CCN(C(C)=O)CC3)nc2N(CC)Cc2cc3ccccc3cn2)C1=O. The minimum atomic E-state index is -0.0310. The van der Waals surface area contributed by atoms with Crippen molar-refractivity contribution in [2.75, 3.05) is 42.5 Å². The predicted octanol–water partition coefficient (Wildman–Crippen LogP) is 3.47. The standard InChI is InChI=1S/C28H35N7O2/c1-5-19(3)35-18-24-25(27(35)37)30-28(34-13-11-33(12-14-34)20(4)36)31-26(24)32(6-2)17-23-15-21-9-7-8-10-22(21)16-29-23/h7-10,15-16,19H,5-6,11-14,17-18H2,1-4H3. The van der Waals surface area contributed by atoms with E-state index in [0.29, 0.717) is 57.5 Å². The van der Waals surface area contributed by atoms with Gasteiger partial charge in [-0.3, -0.25) is 14.6 Å². The smallest absolute Gasteiger partial charge is 0.273 e. The molecule has 9 heteroatoms. The first-order valence-electron chi connectivity index (χ1n) is 13.2. The summed E-state index contributed by atoms with van der Waals surface area (Å²) in [4.78, 5) is 47.9. The van der Waals surface area contributed by atoms with E-state index in [1.165, 1.54) is 0 Å². The molecule has 1 fully saturated rings. The van der Waals surface area contributed by atoms with E-state index in [2.05, 4.69) is 48.8 Å². The fourth-order valence-corrected chi connectivity index (χ4v) is 5.11. The Kier molecular flexibility index (Phi) is 6.95. The summed E-state index contributed by atoms with van der Waals surface area (Å²) in [5, 5.41) is 2.26. The largest absolute Gasteiger partial charge is 0.351 e. The normalized spacial score (nSPS) is 16.3. The van der Waals surface area contributed by atoms with Crippen LogP contribution in [0.4, 0.5) is 11.8 Å². The summed E-state index contributed by atoms with van der Waals surface area (Å²) >= 11 is 0. The van der Waals surface area contributed by atoms with Gasteiger partial charge in [-0.2, -0.15) is 4.98 Å². The molecule has 0 saturated carbocycles. The van der Waals surface area contributed by atoms with Gasteiger partial charge >= 0.3 is 0 Å². The molecule has 0 bridgehead atoms. The Balaban J connectivity index is 1.51. The lowest BCUT2D eigenvalue weighted by Crippen LogP contribution is -2.48. The number of anilines is 2. The summed E-state index contributed by atoms with van der Waals surface area (Å²) in [6.07, 6.45) is 2.79. The topological polar surface area (TPSA) is 85.8 Å². The van der Waals surface area contributed by atoms with Crippen molar-refractivity contribution >= 4 is 34.4 Å². The van der Waals surface area contributed by atoms with Gasteiger partial charge in [0.15, 0.2) is 0 Å². The number of carbonyl (C=O) groups excluding carboxylic acids is 2. The Bertz CT molecular complexity index is 1320. The molecule has 2 aliphatic rings. The molecule has 1 saturated heterocycles. The van der Waals surface area contributed by atoms with Crippen LogP contribution in [0.5, 0.6) is 0 Å². The Labute approximate surface area is 218 Å². The lowest BCUT2D eigenvalue weighted by Gasteiger charge is -2.35. The minimum Gasteiger partial charge on any atom is -0.351 e. The molecule has 0 radical (unpaired) electrons. The number of piperazine rings is 1. The van der Waals surface area contributed by atoms with Crippen LogP contribution < -0.4 is 9.80 Å². The van der Waals surface area contributed by atoms with Gasteiger partial charge in [-0.15, -0.1) is 0 Å². The molecule has 0 spiro atoms. The molecule has 5 rings (SSSR count). The molecule has 1 atom stereocenters. The summed E-state index contributed by atoms with van der Waals surface area (Å²) in [6.45, 7) is 12.2. The number of hydrogen-bond donors (Lipinski definition) is 0. The highest BCUT2D eigenvalue weighted by Crippen LogP contribution is 2.34. The van der Waals surface area contributed by atoms with Crippen LogP contribution in [0.15, 0.2) is 36.5 Å². The molecule has 9 nitrogen and oxygen atoms in total.